The number of nitrogens with one attached hydrogen (secondary N) is 1. The minimum atomic E-state index is -0.619. The van der Waals surface area contributed by atoms with Crippen molar-refractivity contribution in [3.8, 4) is 5.75 Å². The van der Waals surface area contributed by atoms with Gasteiger partial charge in [-0.3, -0.25) is 29.5 Å². The van der Waals surface area contributed by atoms with Crippen molar-refractivity contribution < 1.29 is 19.1 Å². The van der Waals surface area contributed by atoms with Gasteiger partial charge in [0, 0.05) is 44.2 Å². The van der Waals surface area contributed by atoms with Crippen LogP contribution in [0.5, 0.6) is 5.75 Å². The van der Waals surface area contributed by atoms with Gasteiger partial charge in [-0.1, -0.05) is 50.2 Å². The predicted molar refractivity (Wildman–Crippen MR) is 157 cm³/mol. The number of carbonyl (C=O) groups is 3. The number of likely N-dealkylation sites (tertiary alicyclic amines) is 1. The fraction of sp³-hybridized carbons (Fsp3) is 0.424. The van der Waals surface area contributed by atoms with Crippen LogP contribution in [0.3, 0.4) is 0 Å². The Morgan fingerprint density at radius 3 is 2.54 bits per heavy atom. The summed E-state index contributed by atoms with van der Waals surface area (Å²) in [5, 5.41) is 4.88. The van der Waals surface area contributed by atoms with Gasteiger partial charge in [0.1, 0.15) is 17.9 Å². The first-order chi connectivity index (χ1) is 19.9. The molecule has 0 saturated carbocycles. The summed E-state index contributed by atoms with van der Waals surface area (Å²) in [5.74, 6) is -0.0941. The van der Waals surface area contributed by atoms with Crippen LogP contribution in [-0.4, -0.2) is 76.8 Å². The molecule has 1 N–H and O–H groups in total. The zero-order chi connectivity index (χ0) is 28.5. The molecule has 214 valence electrons. The molecule has 0 spiro atoms. The second-order valence-electron chi connectivity index (χ2n) is 11.4. The molecule has 8 heteroatoms. The van der Waals surface area contributed by atoms with E-state index in [0.29, 0.717) is 24.6 Å². The number of carbonyl (C=O) groups excluding carboxylic acids is 3. The number of piperidine rings is 2. The molecule has 6 rings (SSSR count). The molecule has 3 aliphatic heterocycles. The van der Waals surface area contributed by atoms with Crippen LogP contribution in [0, 0.1) is 0 Å². The van der Waals surface area contributed by atoms with Crippen molar-refractivity contribution in [1.82, 2.24) is 20.0 Å². The van der Waals surface area contributed by atoms with Crippen molar-refractivity contribution in [3.63, 3.8) is 0 Å². The Balaban J connectivity index is 1.18. The third-order valence-corrected chi connectivity index (χ3v) is 8.89. The fourth-order valence-electron chi connectivity index (χ4n) is 6.73. The number of likely N-dealkylation sites (N-methyl/N-ethyl adjacent to an activating group) is 1. The minimum Gasteiger partial charge on any atom is -0.487 e. The molecule has 3 atom stereocenters. The number of nitrogens with zero attached hydrogens (tertiary/aromatic N) is 3. The van der Waals surface area contributed by atoms with Crippen molar-refractivity contribution in [2.24, 2.45) is 0 Å². The van der Waals surface area contributed by atoms with Crippen molar-refractivity contribution >= 4 is 28.5 Å². The fourth-order valence-corrected chi connectivity index (χ4v) is 6.73. The maximum Gasteiger partial charge on any atom is 0.255 e. The highest BCUT2D eigenvalue weighted by molar-refractivity contribution is 6.05. The molecule has 3 amide bonds. The van der Waals surface area contributed by atoms with Crippen LogP contribution in [0.2, 0.25) is 0 Å². The number of amides is 3. The number of imide groups is 1. The first-order valence-electron chi connectivity index (χ1n) is 14.8. The van der Waals surface area contributed by atoms with Gasteiger partial charge in [-0.15, -0.1) is 0 Å². The van der Waals surface area contributed by atoms with Crippen LogP contribution in [0.25, 0.3) is 10.8 Å². The molecule has 0 aliphatic carbocycles. The number of hydrogen-bond acceptors (Lipinski definition) is 6. The van der Waals surface area contributed by atoms with E-state index in [2.05, 4.69) is 71.4 Å². The molecular weight excluding hydrogens is 516 g/mol. The highest BCUT2D eigenvalue weighted by atomic mass is 16.5. The van der Waals surface area contributed by atoms with Gasteiger partial charge >= 0.3 is 0 Å². The van der Waals surface area contributed by atoms with Crippen LogP contribution < -0.4 is 10.1 Å². The third-order valence-electron chi connectivity index (χ3n) is 8.89. The highest BCUT2D eigenvalue weighted by Gasteiger charge is 2.40. The van der Waals surface area contributed by atoms with Gasteiger partial charge in [-0.25, -0.2) is 0 Å². The monoisotopic (exact) mass is 554 g/mol. The van der Waals surface area contributed by atoms with E-state index >= 15 is 0 Å². The molecular formula is C33H38N4O4. The van der Waals surface area contributed by atoms with Crippen LogP contribution in [0.15, 0.2) is 60.7 Å². The summed E-state index contributed by atoms with van der Waals surface area (Å²) in [4.78, 5) is 43.7. The molecule has 3 aromatic carbocycles. The Hall–Kier alpha value is -3.75. The van der Waals surface area contributed by atoms with Gasteiger partial charge in [-0.05, 0) is 72.1 Å². The zero-order valence-corrected chi connectivity index (χ0v) is 23.8. The summed E-state index contributed by atoms with van der Waals surface area (Å²) in [5.41, 5.74) is 2.76. The first-order valence-corrected chi connectivity index (χ1v) is 14.8. The Morgan fingerprint density at radius 2 is 1.76 bits per heavy atom. The molecule has 8 nitrogen and oxygen atoms in total. The highest BCUT2D eigenvalue weighted by Crippen LogP contribution is 2.32. The van der Waals surface area contributed by atoms with E-state index in [1.54, 1.807) is 4.90 Å². The van der Waals surface area contributed by atoms with Crippen molar-refractivity contribution in [3.05, 3.63) is 77.4 Å². The topological polar surface area (TPSA) is 82.2 Å². The molecule has 2 saturated heterocycles. The Kier molecular flexibility index (Phi) is 7.77. The lowest BCUT2D eigenvalue weighted by Gasteiger charge is -2.43. The van der Waals surface area contributed by atoms with Crippen molar-refractivity contribution in [2.75, 3.05) is 26.2 Å². The second-order valence-corrected chi connectivity index (χ2v) is 11.4. The summed E-state index contributed by atoms with van der Waals surface area (Å²) in [6.07, 6.45) is 1.60. The van der Waals surface area contributed by atoms with Crippen LogP contribution in [0.1, 0.15) is 54.6 Å². The molecule has 0 aromatic heterocycles. The summed E-state index contributed by atoms with van der Waals surface area (Å²) < 4.78 is 6.73. The lowest BCUT2D eigenvalue weighted by Crippen LogP contribution is -2.56. The summed E-state index contributed by atoms with van der Waals surface area (Å²) in [6, 6.07) is 20.5. The molecule has 0 bridgehead atoms. The average Bonchev–Trinajstić information content (AvgIpc) is 3.29. The van der Waals surface area contributed by atoms with Gasteiger partial charge in [-0.2, -0.15) is 0 Å². The molecule has 2 fully saturated rings. The molecule has 3 aliphatic rings. The van der Waals surface area contributed by atoms with Gasteiger partial charge in [0.25, 0.3) is 5.91 Å². The quantitative estimate of drug-likeness (QED) is 0.425. The van der Waals surface area contributed by atoms with Gasteiger partial charge < -0.3 is 9.64 Å². The predicted octanol–water partition coefficient (Wildman–Crippen LogP) is 3.96. The van der Waals surface area contributed by atoms with Crippen molar-refractivity contribution in [1.29, 1.82) is 0 Å². The maximum absolute atomic E-state index is 13.1. The lowest BCUT2D eigenvalue weighted by atomic mass is 9.98. The third kappa shape index (κ3) is 5.59. The van der Waals surface area contributed by atoms with E-state index < -0.39 is 11.9 Å². The molecule has 3 aromatic rings. The number of fused-ring (bicyclic) bond motifs is 2. The number of hydrogen-bond donors (Lipinski definition) is 1. The summed E-state index contributed by atoms with van der Waals surface area (Å²) in [7, 11) is 0. The SMILES string of the molecule is CCN(CC)[C@@H]1CCN(Cc2ccc3ccccc3c2)C[C@H]1Oc1ccc2c(c1)CN(C1CCC(=O)NC1=O)C2=O. The molecule has 1 unspecified atom stereocenters. The van der Waals surface area contributed by atoms with Gasteiger partial charge in [0.2, 0.25) is 11.8 Å². The minimum absolute atomic E-state index is 0.0227. The largest absolute Gasteiger partial charge is 0.487 e. The van der Waals surface area contributed by atoms with E-state index in [4.69, 9.17) is 4.74 Å². The smallest absolute Gasteiger partial charge is 0.255 e. The average molecular weight is 555 g/mol. The Bertz CT molecular complexity index is 1470. The Labute approximate surface area is 241 Å². The number of benzene rings is 3. The Morgan fingerprint density at radius 1 is 0.951 bits per heavy atom. The number of ether oxygens (including phenoxy) is 1. The van der Waals surface area contributed by atoms with E-state index in [9.17, 15) is 14.4 Å². The van der Waals surface area contributed by atoms with Gasteiger partial charge in [0.05, 0.1) is 0 Å². The molecule has 0 radical (unpaired) electrons. The molecule has 41 heavy (non-hydrogen) atoms. The van der Waals surface area contributed by atoms with Crippen LogP contribution in [0.4, 0.5) is 0 Å². The second kappa shape index (κ2) is 11.6. The zero-order valence-electron chi connectivity index (χ0n) is 23.8. The molecule has 3 heterocycles. The lowest BCUT2D eigenvalue weighted by molar-refractivity contribution is -0.136. The number of rotatable bonds is 8. The summed E-state index contributed by atoms with van der Waals surface area (Å²) in [6.45, 7) is 9.36. The van der Waals surface area contributed by atoms with Gasteiger partial charge in [0.15, 0.2) is 0 Å². The maximum atomic E-state index is 13.1. The van der Waals surface area contributed by atoms with Crippen LogP contribution in [-0.2, 0) is 22.7 Å². The van der Waals surface area contributed by atoms with E-state index in [1.807, 2.05) is 18.2 Å². The van der Waals surface area contributed by atoms with E-state index in [0.717, 1.165) is 50.5 Å². The standard InChI is InChI=1S/C33H38N4O4/c1-3-36(4-2)28-15-16-35(19-22-9-10-23-7-5-6-8-24(23)17-22)21-30(28)41-26-11-12-27-25(18-26)20-37(33(27)40)29-13-14-31(38)34-32(29)39/h5-12,17-18,28-30H,3-4,13-16,19-21H2,1-2H3,(H,34,38,39)/t28-,29?,30-/m1/s1. The summed E-state index contributed by atoms with van der Waals surface area (Å²) >= 11 is 0. The van der Waals surface area contributed by atoms with Crippen molar-refractivity contribution in [2.45, 2.75) is 64.4 Å². The normalized spacial score (nSPS) is 23.2. The van der Waals surface area contributed by atoms with Crippen LogP contribution >= 0.6 is 0 Å². The first kappa shape index (κ1) is 27.4. The van der Waals surface area contributed by atoms with E-state index in [1.165, 1.54) is 16.3 Å². The van der Waals surface area contributed by atoms with E-state index in [-0.39, 0.29) is 24.3 Å².